The highest BCUT2D eigenvalue weighted by atomic mass is 16.5. The van der Waals surface area contributed by atoms with E-state index in [0.29, 0.717) is 48.7 Å². The minimum absolute atomic E-state index is 0.144. The Morgan fingerprint density at radius 1 is 0.767 bits per heavy atom. The maximum absolute atomic E-state index is 13.8. The molecule has 316 valence electrons. The molecule has 0 aromatic carbocycles. The summed E-state index contributed by atoms with van der Waals surface area (Å²) in [6, 6.07) is 7.82. The van der Waals surface area contributed by atoms with Gasteiger partial charge in [-0.15, -0.1) is 0 Å². The summed E-state index contributed by atoms with van der Waals surface area (Å²) in [4.78, 5) is 70.5. The van der Waals surface area contributed by atoms with E-state index in [2.05, 4.69) is 23.5 Å². The van der Waals surface area contributed by atoms with Crippen LogP contribution in [0.5, 0.6) is 0 Å². The molecule has 8 bridgehead atoms. The van der Waals surface area contributed by atoms with Crippen LogP contribution in [0.1, 0.15) is 124 Å². The van der Waals surface area contributed by atoms with Gasteiger partial charge in [-0.25, -0.2) is 14.6 Å². The molecule has 12 heteroatoms. The van der Waals surface area contributed by atoms with Crippen molar-refractivity contribution in [1.29, 1.82) is 0 Å². The first kappa shape index (κ1) is 43.5. The van der Waals surface area contributed by atoms with E-state index in [4.69, 9.17) is 28.9 Å². The van der Waals surface area contributed by atoms with Gasteiger partial charge in [0.25, 0.3) is 0 Å². The van der Waals surface area contributed by atoms with E-state index in [-0.39, 0.29) is 42.3 Å². The van der Waals surface area contributed by atoms with Crippen LogP contribution < -0.4 is 0 Å². The van der Waals surface area contributed by atoms with Gasteiger partial charge < -0.3 is 28.9 Å². The molecule has 60 heavy (non-hydrogen) atoms. The number of hydrogen-bond acceptors (Lipinski definition) is 10. The minimum Gasteiger partial charge on any atom is -0.466 e. The van der Waals surface area contributed by atoms with Gasteiger partial charge in [0.1, 0.15) is 0 Å². The number of unbranched alkanes of at least 4 members (excludes halogenated alkanes) is 2. The molecule has 12 nitrogen and oxygen atoms in total. The molecule has 0 spiro atoms. The molecular formula is C48H56N4O8. The van der Waals surface area contributed by atoms with Gasteiger partial charge >= 0.3 is 23.9 Å². The molecule has 6 rings (SSSR count). The SMILES string of the molecule is C=Cc1c(C)c2cc3nc(cc4[nH]c(cc5nc(cc1[nH]2)C(C)=C5CCC(=O)OCCCC)c(CCC(=O)OCCCC)c4C)C1(C)C3=CCC(C(=O)OC)=C1C(=O)OC. The van der Waals surface area contributed by atoms with Gasteiger partial charge in [-0.2, -0.15) is 0 Å². The van der Waals surface area contributed by atoms with Crippen molar-refractivity contribution < 1.29 is 38.1 Å². The maximum Gasteiger partial charge on any atom is 0.335 e. The molecule has 1 unspecified atom stereocenters. The molecule has 0 fully saturated rings. The van der Waals surface area contributed by atoms with E-state index >= 15 is 0 Å². The number of aromatic amines is 2. The smallest absolute Gasteiger partial charge is 0.335 e. The summed E-state index contributed by atoms with van der Waals surface area (Å²) >= 11 is 0. The number of methoxy groups -OCH3 is 2. The van der Waals surface area contributed by atoms with Crippen LogP contribution in [0.15, 0.2) is 48.1 Å². The molecular weight excluding hydrogens is 761 g/mol. The number of nitrogens with zero attached hydrogens (tertiary/aromatic N) is 2. The van der Waals surface area contributed by atoms with Gasteiger partial charge in [0.2, 0.25) is 0 Å². The summed E-state index contributed by atoms with van der Waals surface area (Å²) in [6.45, 7) is 16.8. The van der Waals surface area contributed by atoms with E-state index in [1.54, 1.807) is 6.08 Å². The van der Waals surface area contributed by atoms with E-state index in [9.17, 15) is 19.2 Å². The van der Waals surface area contributed by atoms with E-state index < -0.39 is 17.4 Å². The zero-order chi connectivity index (χ0) is 43.3. The molecule has 1 aliphatic carbocycles. The number of hydrogen-bond donors (Lipinski definition) is 2. The Bertz CT molecular complexity index is 2520. The lowest BCUT2D eigenvalue weighted by atomic mass is 9.68. The van der Waals surface area contributed by atoms with E-state index in [1.807, 2.05) is 65.0 Å². The van der Waals surface area contributed by atoms with Gasteiger partial charge in [-0.3, -0.25) is 14.6 Å². The minimum atomic E-state index is -1.21. The molecule has 5 heterocycles. The number of esters is 4. The van der Waals surface area contributed by atoms with Gasteiger partial charge in [0.15, 0.2) is 0 Å². The molecule has 0 saturated carbocycles. The van der Waals surface area contributed by atoms with Crippen LogP contribution in [-0.4, -0.2) is 71.2 Å². The number of aryl methyl sites for hydroxylation is 3. The average molecular weight is 817 g/mol. The maximum atomic E-state index is 13.8. The fourth-order valence-electron chi connectivity index (χ4n) is 8.35. The van der Waals surface area contributed by atoms with Crippen LogP contribution >= 0.6 is 0 Å². The molecule has 0 amide bonds. The first-order valence-corrected chi connectivity index (χ1v) is 20.8. The Hall–Kier alpha value is -6.04. The molecule has 0 saturated heterocycles. The highest BCUT2D eigenvalue weighted by Gasteiger charge is 2.49. The largest absolute Gasteiger partial charge is 0.466 e. The van der Waals surface area contributed by atoms with Gasteiger partial charge in [0.05, 0.1) is 66.8 Å². The molecule has 3 aromatic rings. The third-order valence-electron chi connectivity index (χ3n) is 11.9. The van der Waals surface area contributed by atoms with Crippen molar-refractivity contribution >= 4 is 68.7 Å². The monoisotopic (exact) mass is 816 g/mol. The van der Waals surface area contributed by atoms with Crippen LogP contribution in [0, 0.1) is 13.8 Å². The molecule has 0 radical (unpaired) electrons. The van der Waals surface area contributed by atoms with Crippen LogP contribution in [-0.2, 0) is 50.0 Å². The number of rotatable bonds is 15. The number of carbonyl (C=O) groups is 4. The standard InChI is InChI=1S/C48H56N4O8/c1-10-13-21-59-43(53)19-16-31-28(5)35-23-38-30(12-3)27(4)36(49-38)24-41-34-18-15-33(46(55)57-8)45(47(56)58-9)48(34,7)42(52-41)26-37-29(6)32(40(51-37)25-39(31)50-35)17-20-44(54)60-22-14-11-2/h12,18,23-26,49,51H,3,10-11,13-17,19-22H2,1-2,4-9H3. The van der Waals surface area contributed by atoms with Gasteiger partial charge in [-0.05, 0) is 117 Å². The first-order valence-electron chi connectivity index (χ1n) is 20.8. The lowest BCUT2D eigenvalue weighted by molar-refractivity contribution is -0.144. The Balaban J connectivity index is 1.67. The Kier molecular flexibility index (Phi) is 13.4. The number of allylic oxidation sites excluding steroid dienone is 4. The normalized spacial score (nSPS) is 16.0. The van der Waals surface area contributed by atoms with Crippen molar-refractivity contribution in [3.63, 3.8) is 0 Å². The van der Waals surface area contributed by atoms with E-state index in [1.165, 1.54) is 14.2 Å². The number of carbonyl (C=O) groups excluding carboxylic acids is 4. The second-order valence-corrected chi connectivity index (χ2v) is 15.6. The van der Waals surface area contributed by atoms with Gasteiger partial charge in [-0.1, -0.05) is 45.4 Å². The third kappa shape index (κ3) is 8.37. The Morgan fingerprint density at radius 2 is 1.37 bits per heavy atom. The lowest BCUT2D eigenvalue weighted by Crippen LogP contribution is -2.34. The zero-order valence-corrected chi connectivity index (χ0v) is 36.1. The van der Waals surface area contributed by atoms with Gasteiger partial charge in [0, 0.05) is 40.5 Å². The fourth-order valence-corrected chi connectivity index (χ4v) is 8.35. The second kappa shape index (κ2) is 18.5. The summed E-state index contributed by atoms with van der Waals surface area (Å²) in [7, 11) is 2.58. The van der Waals surface area contributed by atoms with Crippen molar-refractivity contribution in [3.8, 4) is 0 Å². The number of nitrogens with one attached hydrogen (secondary N) is 2. The van der Waals surface area contributed by atoms with E-state index in [0.717, 1.165) is 86.9 Å². The Morgan fingerprint density at radius 3 is 2.00 bits per heavy atom. The summed E-state index contributed by atoms with van der Waals surface area (Å²) in [5.74, 6) is -1.84. The number of fused-ring (bicyclic) bond motifs is 11. The Labute approximate surface area is 351 Å². The fraction of sp³-hybridized carbons (Fsp3) is 0.417. The van der Waals surface area contributed by atoms with Crippen molar-refractivity contribution in [2.24, 2.45) is 0 Å². The first-order chi connectivity index (χ1) is 28.8. The average Bonchev–Trinajstić information content (AvgIpc) is 3.89. The number of aromatic nitrogens is 4. The topological polar surface area (TPSA) is 163 Å². The predicted octanol–water partition coefficient (Wildman–Crippen LogP) is 9.29. The molecule has 2 aliphatic heterocycles. The van der Waals surface area contributed by atoms with Crippen molar-refractivity contribution in [2.45, 2.75) is 105 Å². The van der Waals surface area contributed by atoms with Crippen molar-refractivity contribution in [2.75, 3.05) is 27.4 Å². The van der Waals surface area contributed by atoms with Crippen molar-refractivity contribution in [3.05, 3.63) is 93.1 Å². The quantitative estimate of drug-likeness (QED) is 0.0859. The lowest BCUT2D eigenvalue weighted by Gasteiger charge is -2.32. The zero-order valence-electron chi connectivity index (χ0n) is 36.1. The van der Waals surface area contributed by atoms with Crippen LogP contribution in [0.2, 0.25) is 0 Å². The van der Waals surface area contributed by atoms with Crippen molar-refractivity contribution in [1.82, 2.24) is 19.9 Å². The molecule has 3 aromatic heterocycles. The number of H-pyrrole nitrogens is 2. The summed E-state index contributed by atoms with van der Waals surface area (Å²) in [5, 5.41) is 0. The highest BCUT2D eigenvalue weighted by molar-refractivity contribution is 6.07. The molecule has 1 atom stereocenters. The molecule has 2 N–H and O–H groups in total. The summed E-state index contributed by atoms with van der Waals surface area (Å²) in [6.07, 6.45) is 8.43. The highest BCUT2D eigenvalue weighted by Crippen LogP contribution is 2.51. The number of ether oxygens (including phenoxy) is 4. The predicted molar refractivity (Wildman–Crippen MR) is 233 cm³/mol. The van der Waals surface area contributed by atoms with Crippen LogP contribution in [0.25, 0.3) is 44.9 Å². The van der Waals surface area contributed by atoms with Crippen LogP contribution in [0.4, 0.5) is 0 Å². The van der Waals surface area contributed by atoms with Crippen LogP contribution in [0.3, 0.4) is 0 Å². The molecule has 3 aliphatic rings. The summed E-state index contributed by atoms with van der Waals surface area (Å²) in [5.41, 5.74) is 10.8. The summed E-state index contributed by atoms with van der Waals surface area (Å²) < 4.78 is 21.6. The third-order valence-corrected chi connectivity index (χ3v) is 11.9. The second-order valence-electron chi connectivity index (χ2n) is 15.6.